The predicted octanol–water partition coefficient (Wildman–Crippen LogP) is 6.03. The number of alkyl halides is 6. The molecule has 1 amide bonds. The van der Waals surface area contributed by atoms with E-state index in [4.69, 9.17) is 0 Å². The highest BCUT2D eigenvalue weighted by molar-refractivity contribution is 9.10. The average Bonchev–Trinajstić information content (AvgIpc) is 3.25. The molecule has 0 bridgehead atoms. The maximum Gasteiger partial charge on any atom is 0.416 e. The number of fused-ring (bicyclic) bond motifs is 1. The van der Waals surface area contributed by atoms with Crippen LogP contribution in [0, 0.1) is 0 Å². The number of carbonyl (C=O) groups is 1. The van der Waals surface area contributed by atoms with Gasteiger partial charge in [-0.15, -0.1) is 5.10 Å². The Morgan fingerprint density at radius 1 is 1.11 bits per heavy atom. The lowest BCUT2D eigenvalue weighted by Crippen LogP contribution is -2.31. The van der Waals surface area contributed by atoms with Gasteiger partial charge >= 0.3 is 18.4 Å². The molecule has 0 fully saturated rings. The molecule has 4 rings (SSSR count). The zero-order valence-electron chi connectivity index (χ0n) is 18.1. The molecule has 192 valence electrons. The summed E-state index contributed by atoms with van der Waals surface area (Å²) in [5.41, 5.74) is -2.35. The smallest absolute Gasteiger partial charge is 0.416 e. The predicted molar refractivity (Wildman–Crippen MR) is 118 cm³/mol. The van der Waals surface area contributed by atoms with Gasteiger partial charge in [-0.2, -0.15) is 31.6 Å². The number of aromatic amines is 1. The van der Waals surface area contributed by atoms with Gasteiger partial charge in [0.05, 0.1) is 22.9 Å². The summed E-state index contributed by atoms with van der Waals surface area (Å²) in [6, 6.07) is 5.52. The normalized spacial score (nSPS) is 16.4. The van der Waals surface area contributed by atoms with Gasteiger partial charge in [0.15, 0.2) is 0 Å². The van der Waals surface area contributed by atoms with Crippen molar-refractivity contribution in [3.63, 3.8) is 0 Å². The van der Waals surface area contributed by atoms with E-state index in [1.165, 1.54) is 4.90 Å². The number of hydrogen-bond donors (Lipinski definition) is 2. The van der Waals surface area contributed by atoms with Gasteiger partial charge in [0, 0.05) is 17.6 Å². The van der Waals surface area contributed by atoms with Crippen LogP contribution in [0.15, 0.2) is 40.9 Å². The number of nitrogens with one attached hydrogen (secondary N) is 1. The largest absolute Gasteiger partial charge is 0.465 e. The fourth-order valence-electron chi connectivity index (χ4n) is 4.18. The summed E-state index contributed by atoms with van der Waals surface area (Å²) in [4.78, 5) is 14.4. The van der Waals surface area contributed by atoms with E-state index in [-0.39, 0.29) is 24.1 Å². The van der Waals surface area contributed by atoms with Gasteiger partial charge in [0.2, 0.25) is 0 Å². The molecule has 1 aliphatic rings. The van der Waals surface area contributed by atoms with Gasteiger partial charge in [-0.1, -0.05) is 21.0 Å². The van der Waals surface area contributed by atoms with E-state index in [0.717, 1.165) is 4.90 Å². The number of halogens is 7. The van der Waals surface area contributed by atoms with Gasteiger partial charge in [0.25, 0.3) is 5.95 Å². The van der Waals surface area contributed by atoms with Crippen molar-refractivity contribution in [2.45, 2.75) is 37.8 Å². The molecule has 1 aromatic heterocycles. The number of H-pyrrole nitrogens is 1. The molecule has 1 unspecified atom stereocenters. The Bertz CT molecular complexity index is 1220. The second kappa shape index (κ2) is 9.59. The Kier molecular flexibility index (Phi) is 6.86. The fraction of sp³-hybridized carbons (Fsp3) is 0.333. The molecule has 15 heteroatoms. The molecule has 36 heavy (non-hydrogen) atoms. The number of nitrogens with zero attached hydrogens (tertiary/aromatic N) is 5. The molecular formula is C21H17BrF6N6O2. The fourth-order valence-corrected chi connectivity index (χ4v) is 4.56. The summed E-state index contributed by atoms with van der Waals surface area (Å²) in [6.07, 6.45) is -10.5. The second-order valence-electron chi connectivity index (χ2n) is 8.05. The van der Waals surface area contributed by atoms with Crippen LogP contribution in [0.3, 0.4) is 0 Å². The first-order valence-electron chi connectivity index (χ1n) is 10.4. The van der Waals surface area contributed by atoms with E-state index < -0.39 is 42.2 Å². The molecule has 0 radical (unpaired) electrons. The van der Waals surface area contributed by atoms with E-state index in [2.05, 4.69) is 36.6 Å². The van der Waals surface area contributed by atoms with Crippen molar-refractivity contribution < 1.29 is 36.2 Å². The van der Waals surface area contributed by atoms with Crippen LogP contribution in [0.5, 0.6) is 0 Å². The lowest BCUT2D eigenvalue weighted by molar-refractivity contribution is -0.143. The van der Waals surface area contributed by atoms with E-state index in [1.54, 1.807) is 18.2 Å². The second-order valence-corrected chi connectivity index (χ2v) is 8.96. The highest BCUT2D eigenvalue weighted by atomic mass is 79.9. The standard InChI is InChI=1S/C21H17BrF6N6O2/c22-14-3-4-17-15(9-14)16(2-1-5-33(17)19(35)36)34(18-29-31-32-30-18)10-11-6-12(20(23,24)25)8-13(7-11)21(26,27)28/h3-4,6-9,16H,1-2,5,10H2,(H,35,36)(H,29,30,31,32). The third-order valence-corrected chi connectivity index (χ3v) is 6.19. The monoisotopic (exact) mass is 578 g/mol. The van der Waals surface area contributed by atoms with E-state index in [1.807, 2.05) is 0 Å². The zero-order chi connectivity index (χ0) is 26.3. The minimum atomic E-state index is -5.01. The van der Waals surface area contributed by atoms with Crippen LogP contribution in [-0.4, -0.2) is 38.4 Å². The van der Waals surface area contributed by atoms with Gasteiger partial charge < -0.3 is 10.0 Å². The number of tetrazole rings is 1. The SMILES string of the molecule is O=C(O)N1CCCC(N(Cc2cc(C(F)(F)F)cc(C(F)(F)F)c2)c2nn[nH]n2)c2cc(Br)ccc21. The third-order valence-electron chi connectivity index (χ3n) is 5.70. The lowest BCUT2D eigenvalue weighted by atomic mass is 9.98. The molecule has 1 atom stereocenters. The summed E-state index contributed by atoms with van der Waals surface area (Å²) in [5.74, 6) is -0.0688. The number of anilines is 2. The summed E-state index contributed by atoms with van der Waals surface area (Å²) in [7, 11) is 0. The van der Waals surface area contributed by atoms with Crippen molar-refractivity contribution in [1.29, 1.82) is 0 Å². The zero-order valence-corrected chi connectivity index (χ0v) is 19.7. The summed E-state index contributed by atoms with van der Waals surface area (Å²) in [6.45, 7) is -0.293. The number of amides is 1. The maximum absolute atomic E-state index is 13.4. The van der Waals surface area contributed by atoms with Crippen LogP contribution in [0.1, 0.15) is 41.1 Å². The number of hydrogen-bond acceptors (Lipinski definition) is 5. The number of carboxylic acid groups (broad SMARTS) is 1. The minimum Gasteiger partial charge on any atom is -0.465 e. The molecule has 2 aromatic carbocycles. The van der Waals surface area contributed by atoms with Crippen LogP contribution in [0.25, 0.3) is 0 Å². The van der Waals surface area contributed by atoms with Crippen LogP contribution in [0.2, 0.25) is 0 Å². The quantitative estimate of drug-likeness (QED) is 0.367. The first-order valence-corrected chi connectivity index (χ1v) is 11.2. The van der Waals surface area contributed by atoms with Gasteiger partial charge in [-0.25, -0.2) is 4.79 Å². The Morgan fingerprint density at radius 2 is 1.78 bits per heavy atom. The first kappa shape index (κ1) is 25.7. The molecule has 0 aliphatic carbocycles. The summed E-state index contributed by atoms with van der Waals surface area (Å²) < 4.78 is 81.2. The molecular weight excluding hydrogens is 562 g/mol. The van der Waals surface area contributed by atoms with Crippen LogP contribution < -0.4 is 9.80 Å². The molecule has 8 nitrogen and oxygen atoms in total. The summed E-state index contributed by atoms with van der Waals surface area (Å²) in [5, 5.41) is 23.2. The third kappa shape index (κ3) is 5.39. The molecule has 2 N–H and O–H groups in total. The van der Waals surface area contributed by atoms with Gasteiger partial charge in [0.1, 0.15) is 0 Å². The van der Waals surface area contributed by atoms with Crippen molar-refractivity contribution >= 4 is 33.7 Å². The van der Waals surface area contributed by atoms with E-state index in [9.17, 15) is 36.2 Å². The van der Waals surface area contributed by atoms with E-state index in [0.29, 0.717) is 40.7 Å². The minimum absolute atomic E-state index is 0.0605. The Labute approximate surface area is 208 Å². The average molecular weight is 579 g/mol. The topological polar surface area (TPSA) is 98.2 Å². The number of benzene rings is 2. The highest BCUT2D eigenvalue weighted by Crippen LogP contribution is 2.41. The van der Waals surface area contributed by atoms with Crippen LogP contribution in [-0.2, 0) is 18.9 Å². The van der Waals surface area contributed by atoms with Crippen molar-refractivity contribution in [3.05, 3.63) is 63.1 Å². The molecule has 0 spiro atoms. The molecule has 0 saturated heterocycles. The first-order chi connectivity index (χ1) is 16.8. The summed E-state index contributed by atoms with van der Waals surface area (Å²) >= 11 is 3.34. The van der Waals surface area contributed by atoms with E-state index >= 15 is 0 Å². The molecule has 0 saturated carbocycles. The lowest BCUT2D eigenvalue weighted by Gasteiger charge is -2.32. The number of aromatic nitrogens is 4. The van der Waals surface area contributed by atoms with Crippen molar-refractivity contribution in [2.75, 3.05) is 16.3 Å². The highest BCUT2D eigenvalue weighted by Gasteiger charge is 2.38. The van der Waals surface area contributed by atoms with Gasteiger partial charge in [-0.3, -0.25) is 4.90 Å². The van der Waals surface area contributed by atoms with Crippen LogP contribution >= 0.6 is 15.9 Å². The molecule has 1 aliphatic heterocycles. The number of rotatable bonds is 4. The van der Waals surface area contributed by atoms with Gasteiger partial charge in [-0.05, 0) is 65.6 Å². The van der Waals surface area contributed by atoms with Crippen molar-refractivity contribution in [3.8, 4) is 0 Å². The van der Waals surface area contributed by atoms with Crippen LogP contribution in [0.4, 0.5) is 42.8 Å². The Hall–Kier alpha value is -3.36. The maximum atomic E-state index is 13.4. The Morgan fingerprint density at radius 3 is 2.33 bits per heavy atom. The Balaban J connectivity index is 1.84. The molecule has 2 heterocycles. The van der Waals surface area contributed by atoms with Crippen molar-refractivity contribution in [1.82, 2.24) is 20.6 Å². The molecule has 3 aromatic rings. The van der Waals surface area contributed by atoms with Crippen molar-refractivity contribution in [2.24, 2.45) is 0 Å².